The molecule has 3 nitrogen and oxygen atoms in total. The summed E-state index contributed by atoms with van der Waals surface area (Å²) in [5, 5.41) is 0. The zero-order valence-corrected chi connectivity index (χ0v) is 11.4. The van der Waals surface area contributed by atoms with Gasteiger partial charge in [-0.05, 0) is 30.7 Å². The molecule has 1 amide bonds. The third-order valence-electron chi connectivity index (χ3n) is 2.75. The summed E-state index contributed by atoms with van der Waals surface area (Å²) in [4.78, 5) is 14.0. The van der Waals surface area contributed by atoms with Crippen molar-refractivity contribution in [1.29, 1.82) is 0 Å². The van der Waals surface area contributed by atoms with Crippen molar-refractivity contribution in [2.24, 2.45) is 0 Å². The normalized spacial score (nSPS) is 19.6. The molecular weight excluding hydrogens is 327 g/mol. The molecular formula is C12H11BrF3NO2. The summed E-state index contributed by atoms with van der Waals surface area (Å²) in [6.45, 7) is 1.26. The van der Waals surface area contributed by atoms with E-state index in [1.165, 1.54) is 12.1 Å². The maximum absolute atomic E-state index is 12.0. The predicted octanol–water partition coefficient (Wildman–Crippen LogP) is 3.19. The van der Waals surface area contributed by atoms with E-state index in [1.54, 1.807) is 4.90 Å². The predicted molar refractivity (Wildman–Crippen MR) is 66.4 cm³/mol. The highest BCUT2D eigenvalue weighted by Gasteiger charge is 2.31. The number of carbonyl (C=O) groups is 1. The smallest absolute Gasteiger partial charge is 0.406 e. The van der Waals surface area contributed by atoms with Gasteiger partial charge in [0.15, 0.2) is 0 Å². The molecule has 0 saturated carbocycles. The van der Waals surface area contributed by atoms with Gasteiger partial charge in [0.2, 0.25) is 0 Å². The molecule has 1 heterocycles. The lowest BCUT2D eigenvalue weighted by Gasteiger charge is -2.16. The summed E-state index contributed by atoms with van der Waals surface area (Å²) in [7, 11) is 0. The molecule has 0 bridgehead atoms. The van der Waals surface area contributed by atoms with Crippen LogP contribution < -0.4 is 4.74 Å². The molecule has 2 rings (SSSR count). The van der Waals surface area contributed by atoms with E-state index in [9.17, 15) is 18.0 Å². The standard InChI is InChI=1S/C12H11BrF3NO2/c13-9-5-6-17(7-9)11(18)8-1-3-10(4-2-8)19-12(14,15)16/h1-4,9H,5-7H2. The molecule has 1 fully saturated rings. The van der Waals surface area contributed by atoms with Gasteiger partial charge in [0.05, 0.1) is 0 Å². The Labute approximate surface area is 116 Å². The van der Waals surface area contributed by atoms with E-state index in [0.717, 1.165) is 18.6 Å². The van der Waals surface area contributed by atoms with Crippen LogP contribution in [0.2, 0.25) is 0 Å². The minimum absolute atomic E-state index is 0.180. The quantitative estimate of drug-likeness (QED) is 0.775. The molecule has 1 aliphatic rings. The summed E-state index contributed by atoms with van der Waals surface area (Å²) in [5.74, 6) is -0.510. The van der Waals surface area contributed by atoms with Crippen LogP contribution in [0.15, 0.2) is 24.3 Å². The molecule has 1 atom stereocenters. The minimum Gasteiger partial charge on any atom is -0.406 e. The van der Waals surface area contributed by atoms with Crippen LogP contribution in [0.5, 0.6) is 5.75 Å². The molecule has 0 radical (unpaired) electrons. The van der Waals surface area contributed by atoms with Gasteiger partial charge in [-0.2, -0.15) is 0 Å². The molecule has 19 heavy (non-hydrogen) atoms. The third kappa shape index (κ3) is 3.86. The second-order valence-electron chi connectivity index (χ2n) is 4.21. The number of carbonyl (C=O) groups excluding carboxylic acids is 1. The zero-order valence-electron chi connectivity index (χ0n) is 9.78. The van der Waals surface area contributed by atoms with Gasteiger partial charge in [0, 0.05) is 23.5 Å². The van der Waals surface area contributed by atoms with Gasteiger partial charge in [-0.15, -0.1) is 13.2 Å². The summed E-state index contributed by atoms with van der Waals surface area (Å²) in [6, 6.07) is 4.96. The Morgan fingerprint density at radius 2 is 1.95 bits per heavy atom. The molecule has 0 spiro atoms. The molecule has 104 valence electrons. The molecule has 0 aliphatic carbocycles. The second kappa shape index (κ2) is 5.40. The molecule has 1 saturated heterocycles. The molecule has 1 unspecified atom stereocenters. The van der Waals surface area contributed by atoms with Crippen LogP contribution in [0.4, 0.5) is 13.2 Å². The molecule has 1 aromatic carbocycles. The number of ether oxygens (including phenoxy) is 1. The highest BCUT2D eigenvalue weighted by Crippen LogP contribution is 2.24. The number of rotatable bonds is 2. The average Bonchev–Trinajstić information content (AvgIpc) is 2.74. The number of alkyl halides is 4. The van der Waals surface area contributed by atoms with Gasteiger partial charge >= 0.3 is 6.36 Å². The highest BCUT2D eigenvalue weighted by atomic mass is 79.9. The van der Waals surface area contributed by atoms with Crippen molar-refractivity contribution in [1.82, 2.24) is 4.90 Å². The lowest BCUT2D eigenvalue weighted by atomic mass is 10.2. The van der Waals surface area contributed by atoms with Crippen molar-refractivity contribution < 1.29 is 22.7 Å². The Hall–Kier alpha value is -1.24. The van der Waals surface area contributed by atoms with Gasteiger partial charge in [-0.1, -0.05) is 15.9 Å². The van der Waals surface area contributed by atoms with E-state index in [0.29, 0.717) is 18.7 Å². The molecule has 7 heteroatoms. The van der Waals surface area contributed by atoms with Gasteiger partial charge in [-0.25, -0.2) is 0 Å². The summed E-state index contributed by atoms with van der Waals surface area (Å²) in [6.07, 6.45) is -3.84. The number of nitrogens with zero attached hydrogens (tertiary/aromatic N) is 1. The first-order valence-corrected chi connectivity index (χ1v) is 6.56. The van der Waals surface area contributed by atoms with Crippen LogP contribution in [0.1, 0.15) is 16.8 Å². The van der Waals surface area contributed by atoms with Crippen LogP contribution in [-0.2, 0) is 0 Å². The summed E-state index contributed by atoms with van der Waals surface area (Å²) >= 11 is 3.43. The highest BCUT2D eigenvalue weighted by molar-refractivity contribution is 9.09. The van der Waals surface area contributed by atoms with Crippen LogP contribution in [-0.4, -0.2) is 35.1 Å². The lowest BCUT2D eigenvalue weighted by molar-refractivity contribution is -0.274. The van der Waals surface area contributed by atoms with Crippen molar-refractivity contribution in [3.63, 3.8) is 0 Å². The fraction of sp³-hybridized carbons (Fsp3) is 0.417. The maximum atomic E-state index is 12.0. The van der Waals surface area contributed by atoms with E-state index < -0.39 is 6.36 Å². The van der Waals surface area contributed by atoms with Crippen LogP contribution >= 0.6 is 15.9 Å². The second-order valence-corrected chi connectivity index (χ2v) is 5.50. The lowest BCUT2D eigenvalue weighted by Crippen LogP contribution is -2.28. The molecule has 0 N–H and O–H groups in total. The van der Waals surface area contributed by atoms with Crippen molar-refractivity contribution in [2.75, 3.05) is 13.1 Å². The van der Waals surface area contributed by atoms with E-state index in [-0.39, 0.29) is 16.5 Å². The van der Waals surface area contributed by atoms with Gasteiger partial charge in [0.25, 0.3) is 5.91 Å². The fourth-order valence-corrected chi connectivity index (χ4v) is 2.44. The first kappa shape index (κ1) is 14.2. The van der Waals surface area contributed by atoms with Crippen molar-refractivity contribution >= 4 is 21.8 Å². The van der Waals surface area contributed by atoms with E-state index in [1.807, 2.05) is 0 Å². The fourth-order valence-electron chi connectivity index (χ4n) is 1.88. The van der Waals surface area contributed by atoms with E-state index in [2.05, 4.69) is 20.7 Å². The Kier molecular flexibility index (Phi) is 4.03. The molecule has 1 aliphatic heterocycles. The van der Waals surface area contributed by atoms with Crippen molar-refractivity contribution in [2.45, 2.75) is 17.6 Å². The van der Waals surface area contributed by atoms with Gasteiger partial charge in [0.1, 0.15) is 5.75 Å². The zero-order chi connectivity index (χ0) is 14.0. The van der Waals surface area contributed by atoms with Crippen LogP contribution in [0.25, 0.3) is 0 Å². The minimum atomic E-state index is -4.72. The van der Waals surface area contributed by atoms with Crippen molar-refractivity contribution in [3.8, 4) is 5.75 Å². The molecule has 1 aromatic rings. The number of likely N-dealkylation sites (tertiary alicyclic amines) is 1. The van der Waals surface area contributed by atoms with Crippen LogP contribution in [0.3, 0.4) is 0 Å². The van der Waals surface area contributed by atoms with Gasteiger partial charge in [-0.3, -0.25) is 4.79 Å². The first-order valence-electron chi connectivity index (χ1n) is 5.64. The number of benzene rings is 1. The van der Waals surface area contributed by atoms with E-state index >= 15 is 0 Å². The van der Waals surface area contributed by atoms with Gasteiger partial charge < -0.3 is 9.64 Å². The van der Waals surface area contributed by atoms with Crippen LogP contribution in [0, 0.1) is 0 Å². The summed E-state index contributed by atoms with van der Waals surface area (Å²) < 4.78 is 39.7. The third-order valence-corrected chi connectivity index (χ3v) is 3.50. The maximum Gasteiger partial charge on any atom is 0.573 e. The Balaban J connectivity index is 2.04. The Morgan fingerprint density at radius 1 is 1.32 bits per heavy atom. The topological polar surface area (TPSA) is 29.5 Å². The van der Waals surface area contributed by atoms with E-state index in [4.69, 9.17) is 0 Å². The monoisotopic (exact) mass is 337 g/mol. The number of halogens is 4. The first-order chi connectivity index (χ1) is 8.85. The largest absolute Gasteiger partial charge is 0.573 e. The number of amides is 1. The number of hydrogen-bond acceptors (Lipinski definition) is 2. The van der Waals surface area contributed by atoms with Crippen molar-refractivity contribution in [3.05, 3.63) is 29.8 Å². The molecule has 0 aromatic heterocycles. The number of hydrogen-bond donors (Lipinski definition) is 0. The summed E-state index contributed by atoms with van der Waals surface area (Å²) in [5.41, 5.74) is 0.358. The average molecular weight is 338 g/mol. The Bertz CT molecular complexity index is 461. The Morgan fingerprint density at radius 3 is 2.42 bits per heavy atom. The SMILES string of the molecule is O=C(c1ccc(OC(F)(F)F)cc1)N1CCC(Br)C1.